The first-order chi connectivity index (χ1) is 8.06. The number of benzene rings is 1. The maximum absolute atomic E-state index is 13.2. The van der Waals surface area contributed by atoms with Crippen LogP contribution in [0, 0.1) is 11.6 Å². The standard InChI is InChI=1S/C13H16F2O2/c1-17-12-4-2-3-5-13(12,16)9-6-10(14)8-11(15)7-9/h6-8,12,16H,2-5H2,1H3. The highest BCUT2D eigenvalue weighted by molar-refractivity contribution is 5.26. The van der Waals surface area contributed by atoms with E-state index in [1.54, 1.807) is 0 Å². The van der Waals surface area contributed by atoms with Gasteiger partial charge in [-0.15, -0.1) is 0 Å². The minimum atomic E-state index is -1.28. The van der Waals surface area contributed by atoms with Gasteiger partial charge in [-0.2, -0.15) is 0 Å². The third kappa shape index (κ3) is 2.33. The summed E-state index contributed by atoms with van der Waals surface area (Å²) in [6, 6.07) is 3.17. The number of hydrogen-bond donors (Lipinski definition) is 1. The van der Waals surface area contributed by atoms with Gasteiger partial charge in [0.15, 0.2) is 0 Å². The molecule has 1 fully saturated rings. The van der Waals surface area contributed by atoms with Gasteiger partial charge in [-0.25, -0.2) is 8.78 Å². The molecule has 1 aliphatic carbocycles. The molecule has 1 aromatic carbocycles. The van der Waals surface area contributed by atoms with Crippen LogP contribution in [0.4, 0.5) is 8.78 Å². The van der Waals surface area contributed by atoms with Crippen molar-refractivity contribution in [3.63, 3.8) is 0 Å². The highest BCUT2D eigenvalue weighted by atomic mass is 19.1. The minimum Gasteiger partial charge on any atom is -0.382 e. The van der Waals surface area contributed by atoms with Gasteiger partial charge in [0.05, 0.1) is 6.10 Å². The van der Waals surface area contributed by atoms with Crippen molar-refractivity contribution in [3.05, 3.63) is 35.4 Å². The van der Waals surface area contributed by atoms with Crippen LogP contribution in [0.2, 0.25) is 0 Å². The van der Waals surface area contributed by atoms with Crippen molar-refractivity contribution in [2.45, 2.75) is 37.4 Å². The zero-order valence-corrected chi connectivity index (χ0v) is 9.75. The average molecular weight is 242 g/mol. The largest absolute Gasteiger partial charge is 0.382 e. The number of hydrogen-bond acceptors (Lipinski definition) is 2. The van der Waals surface area contributed by atoms with Gasteiger partial charge in [0.1, 0.15) is 17.2 Å². The molecular weight excluding hydrogens is 226 g/mol. The van der Waals surface area contributed by atoms with Crippen molar-refractivity contribution >= 4 is 0 Å². The summed E-state index contributed by atoms with van der Waals surface area (Å²) in [6.07, 6.45) is 2.55. The Morgan fingerprint density at radius 2 is 1.88 bits per heavy atom. The van der Waals surface area contributed by atoms with Crippen LogP contribution in [-0.2, 0) is 10.3 Å². The van der Waals surface area contributed by atoms with Crippen molar-refractivity contribution in [1.82, 2.24) is 0 Å². The molecule has 0 radical (unpaired) electrons. The second kappa shape index (κ2) is 4.70. The Labute approximate surface area is 99.2 Å². The summed E-state index contributed by atoms with van der Waals surface area (Å²) in [5.74, 6) is -1.34. The lowest BCUT2D eigenvalue weighted by Gasteiger charge is -2.39. The van der Waals surface area contributed by atoms with E-state index in [0.29, 0.717) is 12.8 Å². The van der Waals surface area contributed by atoms with Crippen molar-refractivity contribution in [2.75, 3.05) is 7.11 Å². The van der Waals surface area contributed by atoms with E-state index in [2.05, 4.69) is 0 Å². The molecule has 2 atom stereocenters. The number of rotatable bonds is 2. The van der Waals surface area contributed by atoms with E-state index in [9.17, 15) is 13.9 Å². The molecule has 2 rings (SSSR count). The van der Waals surface area contributed by atoms with Gasteiger partial charge in [-0.05, 0) is 30.5 Å². The smallest absolute Gasteiger partial charge is 0.126 e. The van der Waals surface area contributed by atoms with Gasteiger partial charge in [0.25, 0.3) is 0 Å². The molecule has 0 spiro atoms. The fourth-order valence-electron chi connectivity index (χ4n) is 2.57. The zero-order valence-electron chi connectivity index (χ0n) is 9.75. The summed E-state index contributed by atoms with van der Waals surface area (Å²) in [6.45, 7) is 0. The third-order valence-corrected chi connectivity index (χ3v) is 3.45. The molecule has 1 N–H and O–H groups in total. The molecule has 0 heterocycles. The number of ether oxygens (including phenoxy) is 1. The van der Waals surface area contributed by atoms with E-state index in [0.717, 1.165) is 18.9 Å². The maximum atomic E-state index is 13.2. The van der Waals surface area contributed by atoms with E-state index in [-0.39, 0.29) is 5.56 Å². The van der Waals surface area contributed by atoms with E-state index in [1.165, 1.54) is 19.2 Å². The van der Waals surface area contributed by atoms with Crippen LogP contribution in [-0.4, -0.2) is 18.3 Å². The van der Waals surface area contributed by atoms with E-state index in [1.807, 2.05) is 0 Å². The maximum Gasteiger partial charge on any atom is 0.126 e. The molecule has 2 nitrogen and oxygen atoms in total. The van der Waals surface area contributed by atoms with Crippen LogP contribution in [0.25, 0.3) is 0 Å². The van der Waals surface area contributed by atoms with Crippen LogP contribution in [0.1, 0.15) is 31.2 Å². The molecule has 17 heavy (non-hydrogen) atoms. The molecular formula is C13H16F2O2. The molecule has 2 unspecified atom stereocenters. The second-order valence-electron chi connectivity index (χ2n) is 4.55. The van der Waals surface area contributed by atoms with Gasteiger partial charge in [-0.3, -0.25) is 0 Å². The SMILES string of the molecule is COC1CCCCC1(O)c1cc(F)cc(F)c1. The first kappa shape index (κ1) is 12.5. The molecule has 4 heteroatoms. The van der Waals surface area contributed by atoms with Crippen LogP contribution in [0.5, 0.6) is 0 Å². The van der Waals surface area contributed by atoms with Crippen molar-refractivity contribution in [1.29, 1.82) is 0 Å². The molecule has 0 aliphatic heterocycles. The minimum absolute atomic E-state index is 0.265. The van der Waals surface area contributed by atoms with Crippen LogP contribution in [0.3, 0.4) is 0 Å². The van der Waals surface area contributed by atoms with Gasteiger partial charge in [0, 0.05) is 13.2 Å². The first-order valence-corrected chi connectivity index (χ1v) is 5.78. The van der Waals surface area contributed by atoms with Crippen LogP contribution < -0.4 is 0 Å². The quantitative estimate of drug-likeness (QED) is 0.864. The Hall–Kier alpha value is -1.00. The number of methoxy groups -OCH3 is 1. The third-order valence-electron chi connectivity index (χ3n) is 3.45. The Bertz CT molecular complexity index is 388. The second-order valence-corrected chi connectivity index (χ2v) is 4.55. The zero-order chi connectivity index (χ0) is 12.5. The summed E-state index contributed by atoms with van der Waals surface area (Å²) < 4.78 is 31.6. The number of aliphatic hydroxyl groups is 1. The lowest BCUT2D eigenvalue weighted by molar-refractivity contribution is -0.122. The van der Waals surface area contributed by atoms with Crippen LogP contribution >= 0.6 is 0 Å². The average Bonchev–Trinajstić information content (AvgIpc) is 2.28. The van der Waals surface area contributed by atoms with Crippen molar-refractivity contribution in [2.24, 2.45) is 0 Å². The topological polar surface area (TPSA) is 29.5 Å². The van der Waals surface area contributed by atoms with Gasteiger partial charge >= 0.3 is 0 Å². The van der Waals surface area contributed by atoms with E-state index < -0.39 is 23.3 Å². The van der Waals surface area contributed by atoms with Gasteiger partial charge < -0.3 is 9.84 Å². The first-order valence-electron chi connectivity index (χ1n) is 5.78. The molecule has 0 aromatic heterocycles. The van der Waals surface area contributed by atoms with Crippen LogP contribution in [0.15, 0.2) is 18.2 Å². The van der Waals surface area contributed by atoms with E-state index >= 15 is 0 Å². The summed E-state index contributed by atoms with van der Waals surface area (Å²) in [7, 11) is 1.51. The Kier molecular flexibility index (Phi) is 3.45. The van der Waals surface area contributed by atoms with Gasteiger partial charge in [-0.1, -0.05) is 12.8 Å². The number of halogens is 2. The highest BCUT2D eigenvalue weighted by Gasteiger charge is 2.41. The lowest BCUT2D eigenvalue weighted by atomic mass is 9.77. The monoisotopic (exact) mass is 242 g/mol. The predicted molar refractivity (Wildman–Crippen MR) is 59.5 cm³/mol. The van der Waals surface area contributed by atoms with Gasteiger partial charge in [0.2, 0.25) is 0 Å². The predicted octanol–water partition coefficient (Wildman–Crippen LogP) is 2.74. The summed E-state index contributed by atoms with van der Waals surface area (Å²) in [5.41, 5.74) is -1.02. The summed E-state index contributed by atoms with van der Waals surface area (Å²) >= 11 is 0. The molecule has 94 valence electrons. The Morgan fingerprint density at radius 1 is 1.24 bits per heavy atom. The highest BCUT2D eigenvalue weighted by Crippen LogP contribution is 2.39. The summed E-state index contributed by atoms with van der Waals surface area (Å²) in [4.78, 5) is 0. The summed E-state index contributed by atoms with van der Waals surface area (Å²) in [5, 5.41) is 10.6. The fraction of sp³-hybridized carbons (Fsp3) is 0.538. The molecule has 0 saturated heterocycles. The Balaban J connectivity index is 2.40. The lowest BCUT2D eigenvalue weighted by Crippen LogP contribution is -2.43. The fourth-order valence-corrected chi connectivity index (χ4v) is 2.57. The molecule has 1 saturated carbocycles. The normalized spacial score (nSPS) is 29.3. The molecule has 0 amide bonds. The van der Waals surface area contributed by atoms with E-state index in [4.69, 9.17) is 4.74 Å². The molecule has 1 aliphatic rings. The van der Waals surface area contributed by atoms with Crippen molar-refractivity contribution in [3.8, 4) is 0 Å². The van der Waals surface area contributed by atoms with Crippen molar-refractivity contribution < 1.29 is 18.6 Å². The molecule has 1 aromatic rings. The molecule has 0 bridgehead atoms. The Morgan fingerprint density at radius 3 is 2.47 bits per heavy atom.